The summed E-state index contributed by atoms with van der Waals surface area (Å²) in [5, 5.41) is 9.96. The standard InChI is InChI=1S/C22H25ClN6O/c1-13-26-21(28-11-17-7-16(28)12-30-17)9-22(27-13)29-20-8-18(14-2-4-24-5-3-14)19(23)6-15(20)10-25-29/h6,8-10,14,16-17,24H,2-5,7,11-12H2,1H3. The van der Waals surface area contributed by atoms with E-state index in [4.69, 9.17) is 26.3 Å². The summed E-state index contributed by atoms with van der Waals surface area (Å²) in [5.74, 6) is 3.00. The van der Waals surface area contributed by atoms with Crippen molar-refractivity contribution in [2.45, 2.75) is 44.2 Å². The highest BCUT2D eigenvalue weighted by atomic mass is 35.5. The number of anilines is 1. The zero-order valence-corrected chi connectivity index (χ0v) is 17.8. The van der Waals surface area contributed by atoms with Gasteiger partial charge < -0.3 is 15.0 Å². The van der Waals surface area contributed by atoms with Crippen molar-refractivity contribution in [2.75, 3.05) is 31.1 Å². The molecule has 3 saturated heterocycles. The first-order chi connectivity index (χ1) is 14.7. The molecule has 6 rings (SSSR count). The summed E-state index contributed by atoms with van der Waals surface area (Å²) in [6, 6.07) is 6.73. The monoisotopic (exact) mass is 424 g/mol. The van der Waals surface area contributed by atoms with Crippen molar-refractivity contribution in [1.29, 1.82) is 0 Å². The number of nitrogens with zero attached hydrogens (tertiary/aromatic N) is 5. The number of fused-ring (bicyclic) bond motifs is 3. The quantitative estimate of drug-likeness (QED) is 0.696. The van der Waals surface area contributed by atoms with Gasteiger partial charge in [0.05, 0.1) is 30.5 Å². The number of aryl methyl sites for hydroxylation is 1. The van der Waals surface area contributed by atoms with Crippen LogP contribution in [0.1, 0.15) is 36.6 Å². The molecule has 0 amide bonds. The minimum absolute atomic E-state index is 0.328. The third-order valence-electron chi connectivity index (χ3n) is 6.69. The van der Waals surface area contributed by atoms with Gasteiger partial charge in [-0.1, -0.05) is 11.6 Å². The summed E-state index contributed by atoms with van der Waals surface area (Å²) in [6.45, 7) is 5.70. The Labute approximate surface area is 180 Å². The largest absolute Gasteiger partial charge is 0.374 e. The van der Waals surface area contributed by atoms with E-state index in [9.17, 15) is 0 Å². The SMILES string of the molecule is Cc1nc(N2CC3CC2CO3)cc(-n2ncc3cc(Cl)c(C4CCNCC4)cc32)n1. The van der Waals surface area contributed by atoms with Gasteiger partial charge in [-0.15, -0.1) is 0 Å². The van der Waals surface area contributed by atoms with Crippen molar-refractivity contribution in [3.8, 4) is 5.82 Å². The Kier molecular flexibility index (Phi) is 4.44. The molecular weight excluding hydrogens is 400 g/mol. The lowest BCUT2D eigenvalue weighted by Gasteiger charge is -2.28. The predicted octanol–water partition coefficient (Wildman–Crippen LogP) is 3.22. The molecule has 1 aromatic carbocycles. The fraction of sp³-hybridized carbons (Fsp3) is 0.500. The first-order valence-corrected chi connectivity index (χ1v) is 11.2. The first kappa shape index (κ1) is 18.5. The average Bonchev–Trinajstić information content (AvgIpc) is 3.49. The molecule has 2 bridgehead atoms. The van der Waals surface area contributed by atoms with Crippen molar-refractivity contribution in [3.05, 3.63) is 40.8 Å². The Morgan fingerprint density at radius 1 is 1.13 bits per heavy atom. The van der Waals surface area contributed by atoms with Crippen LogP contribution < -0.4 is 10.2 Å². The summed E-state index contributed by atoms with van der Waals surface area (Å²) in [4.78, 5) is 11.8. The zero-order valence-electron chi connectivity index (χ0n) is 17.0. The van der Waals surface area contributed by atoms with Crippen LogP contribution in [0, 0.1) is 6.92 Å². The molecule has 8 heteroatoms. The van der Waals surface area contributed by atoms with E-state index in [1.54, 1.807) is 0 Å². The number of aromatic nitrogens is 4. The number of piperidine rings is 1. The number of hydrogen-bond donors (Lipinski definition) is 1. The Morgan fingerprint density at radius 2 is 1.97 bits per heavy atom. The lowest BCUT2D eigenvalue weighted by atomic mass is 9.90. The topological polar surface area (TPSA) is 68.1 Å². The van der Waals surface area contributed by atoms with Crippen LogP contribution in [-0.2, 0) is 4.74 Å². The Balaban J connectivity index is 1.42. The fourth-order valence-electron chi connectivity index (χ4n) is 5.16. The van der Waals surface area contributed by atoms with E-state index in [0.29, 0.717) is 18.1 Å². The predicted molar refractivity (Wildman–Crippen MR) is 117 cm³/mol. The maximum absolute atomic E-state index is 6.66. The summed E-state index contributed by atoms with van der Waals surface area (Å²) in [5.41, 5.74) is 2.26. The van der Waals surface area contributed by atoms with E-state index < -0.39 is 0 Å². The highest BCUT2D eigenvalue weighted by molar-refractivity contribution is 6.32. The van der Waals surface area contributed by atoms with Crippen molar-refractivity contribution in [3.63, 3.8) is 0 Å². The van der Waals surface area contributed by atoms with Crippen LogP contribution in [0.5, 0.6) is 0 Å². The Morgan fingerprint density at radius 3 is 2.73 bits per heavy atom. The number of nitrogens with one attached hydrogen (secondary N) is 1. The zero-order chi connectivity index (χ0) is 20.2. The molecule has 0 radical (unpaired) electrons. The van der Waals surface area contributed by atoms with Crippen LogP contribution in [0.3, 0.4) is 0 Å². The van der Waals surface area contributed by atoms with Crippen LogP contribution in [0.4, 0.5) is 5.82 Å². The van der Waals surface area contributed by atoms with Crippen molar-refractivity contribution >= 4 is 28.3 Å². The van der Waals surface area contributed by atoms with E-state index in [0.717, 1.165) is 78.9 Å². The summed E-state index contributed by atoms with van der Waals surface area (Å²) in [6.07, 6.45) is 5.50. The van der Waals surface area contributed by atoms with Gasteiger partial charge in [-0.25, -0.2) is 14.6 Å². The molecule has 0 aliphatic carbocycles. The van der Waals surface area contributed by atoms with Crippen LogP contribution in [0.15, 0.2) is 24.4 Å². The molecule has 2 atom stereocenters. The number of halogens is 1. The smallest absolute Gasteiger partial charge is 0.159 e. The number of hydrogen-bond acceptors (Lipinski definition) is 6. The van der Waals surface area contributed by atoms with E-state index in [1.807, 2.05) is 23.9 Å². The Hall–Kier alpha value is -2.22. The van der Waals surface area contributed by atoms with Crippen LogP contribution >= 0.6 is 11.6 Å². The molecule has 3 aliphatic heterocycles. The maximum Gasteiger partial charge on any atom is 0.159 e. The molecule has 3 aromatic rings. The molecule has 0 saturated carbocycles. The molecule has 156 valence electrons. The second-order valence-electron chi connectivity index (χ2n) is 8.64. The second-order valence-corrected chi connectivity index (χ2v) is 9.05. The van der Waals surface area contributed by atoms with Crippen LogP contribution in [-0.4, -0.2) is 58.1 Å². The molecule has 30 heavy (non-hydrogen) atoms. The van der Waals surface area contributed by atoms with Crippen molar-refractivity contribution in [1.82, 2.24) is 25.1 Å². The summed E-state index contributed by atoms with van der Waals surface area (Å²) < 4.78 is 7.69. The van der Waals surface area contributed by atoms with E-state index >= 15 is 0 Å². The highest BCUT2D eigenvalue weighted by Gasteiger charge is 2.39. The lowest BCUT2D eigenvalue weighted by Crippen LogP contribution is -2.37. The highest BCUT2D eigenvalue weighted by Crippen LogP contribution is 2.35. The molecule has 2 aromatic heterocycles. The molecule has 2 unspecified atom stereocenters. The van der Waals surface area contributed by atoms with Crippen molar-refractivity contribution in [2.24, 2.45) is 0 Å². The average molecular weight is 425 g/mol. The van der Waals surface area contributed by atoms with Gasteiger partial charge in [0.25, 0.3) is 0 Å². The first-order valence-electron chi connectivity index (χ1n) is 10.8. The van der Waals surface area contributed by atoms with Gasteiger partial charge in [0.2, 0.25) is 0 Å². The summed E-state index contributed by atoms with van der Waals surface area (Å²) in [7, 11) is 0. The second kappa shape index (κ2) is 7.18. The molecule has 1 N–H and O–H groups in total. The maximum atomic E-state index is 6.66. The molecule has 7 nitrogen and oxygen atoms in total. The van der Waals surface area contributed by atoms with E-state index in [-0.39, 0.29) is 0 Å². The van der Waals surface area contributed by atoms with Gasteiger partial charge >= 0.3 is 0 Å². The van der Waals surface area contributed by atoms with Crippen LogP contribution in [0.25, 0.3) is 16.7 Å². The lowest BCUT2D eigenvalue weighted by molar-refractivity contribution is 0.0988. The van der Waals surface area contributed by atoms with E-state index in [2.05, 4.69) is 27.4 Å². The van der Waals surface area contributed by atoms with E-state index in [1.165, 1.54) is 5.56 Å². The summed E-state index contributed by atoms with van der Waals surface area (Å²) >= 11 is 6.66. The third-order valence-corrected chi connectivity index (χ3v) is 7.02. The molecular formula is C22H25ClN6O. The molecule has 0 spiro atoms. The number of rotatable bonds is 3. The van der Waals surface area contributed by atoms with Gasteiger partial charge in [0.1, 0.15) is 11.6 Å². The van der Waals surface area contributed by atoms with Gasteiger partial charge in [-0.05, 0) is 62.9 Å². The van der Waals surface area contributed by atoms with Crippen molar-refractivity contribution < 1.29 is 4.74 Å². The minimum atomic E-state index is 0.328. The number of morpholine rings is 1. The molecule has 3 fully saturated rings. The van der Waals surface area contributed by atoms with Crippen LogP contribution in [0.2, 0.25) is 5.02 Å². The third kappa shape index (κ3) is 3.07. The van der Waals surface area contributed by atoms with Gasteiger partial charge in [-0.2, -0.15) is 5.10 Å². The molecule has 3 aliphatic rings. The van der Waals surface area contributed by atoms with Gasteiger partial charge in [-0.3, -0.25) is 0 Å². The normalized spacial score (nSPS) is 24.3. The minimum Gasteiger partial charge on any atom is -0.374 e. The Bertz CT molecular complexity index is 1110. The molecule has 5 heterocycles. The van der Waals surface area contributed by atoms with Gasteiger partial charge in [0, 0.05) is 23.0 Å². The van der Waals surface area contributed by atoms with Gasteiger partial charge in [0.15, 0.2) is 5.82 Å². The number of ether oxygens (including phenoxy) is 1. The fourth-order valence-corrected chi connectivity index (χ4v) is 5.49. The number of benzene rings is 1.